The Balaban J connectivity index is 1.10. The van der Waals surface area contributed by atoms with Crippen molar-refractivity contribution in [3.8, 4) is 11.5 Å². The summed E-state index contributed by atoms with van der Waals surface area (Å²) in [7, 11) is 0. The molecule has 0 bridgehead atoms. The van der Waals surface area contributed by atoms with Crippen molar-refractivity contribution < 1.29 is 14.6 Å². The van der Waals surface area contributed by atoms with Crippen molar-refractivity contribution in [1.29, 1.82) is 0 Å². The molecule has 1 N–H and O–H groups in total. The molecule has 3 aromatic rings. The lowest BCUT2D eigenvalue weighted by Gasteiger charge is -2.36. The maximum absolute atomic E-state index is 12.0. The van der Waals surface area contributed by atoms with Crippen LogP contribution in [-0.2, 0) is 6.42 Å². The first-order valence-electron chi connectivity index (χ1n) is 14.4. The van der Waals surface area contributed by atoms with Crippen molar-refractivity contribution in [2.24, 2.45) is 0 Å². The van der Waals surface area contributed by atoms with Gasteiger partial charge in [-0.3, -0.25) is 9.88 Å². The van der Waals surface area contributed by atoms with Crippen LogP contribution in [0, 0.1) is 0 Å². The summed E-state index contributed by atoms with van der Waals surface area (Å²) >= 11 is 0. The van der Waals surface area contributed by atoms with Crippen LogP contribution in [0.5, 0.6) is 11.5 Å². The summed E-state index contributed by atoms with van der Waals surface area (Å²) in [6.07, 6.45) is 17.3. The summed E-state index contributed by atoms with van der Waals surface area (Å²) in [4.78, 5) is 19.2. The van der Waals surface area contributed by atoms with Gasteiger partial charge in [0, 0.05) is 18.5 Å². The minimum atomic E-state index is -0.991. The van der Waals surface area contributed by atoms with Crippen LogP contribution >= 0.6 is 0 Å². The lowest BCUT2D eigenvalue weighted by atomic mass is 9.88. The Bertz CT molecular complexity index is 1490. The van der Waals surface area contributed by atoms with Crippen molar-refractivity contribution >= 4 is 17.6 Å². The number of pyridine rings is 1. The molecule has 1 aromatic heterocycles. The minimum absolute atomic E-state index is 0.165. The molecule has 39 heavy (non-hydrogen) atoms. The third-order valence-electron chi connectivity index (χ3n) is 8.92. The van der Waals surface area contributed by atoms with Gasteiger partial charge in [0.25, 0.3) is 0 Å². The minimum Gasteiger partial charge on any atom is -0.478 e. The monoisotopic (exact) mass is 518 g/mol. The van der Waals surface area contributed by atoms with Crippen molar-refractivity contribution in [3.63, 3.8) is 0 Å². The van der Waals surface area contributed by atoms with E-state index in [0.29, 0.717) is 23.6 Å². The van der Waals surface area contributed by atoms with Crippen LogP contribution in [0.2, 0.25) is 0 Å². The van der Waals surface area contributed by atoms with E-state index in [0.717, 1.165) is 48.4 Å². The highest BCUT2D eigenvalue weighted by Gasteiger charge is 2.36. The normalized spacial score (nSPS) is 22.5. The Labute approximate surface area is 229 Å². The van der Waals surface area contributed by atoms with Gasteiger partial charge >= 0.3 is 5.97 Å². The third kappa shape index (κ3) is 4.80. The van der Waals surface area contributed by atoms with Gasteiger partial charge < -0.3 is 9.84 Å². The molecule has 4 aliphatic rings. The predicted octanol–water partition coefficient (Wildman–Crippen LogP) is 7.79. The Hall–Kier alpha value is -3.70. The molecule has 198 valence electrons. The molecule has 1 saturated heterocycles. The second-order valence-corrected chi connectivity index (χ2v) is 11.4. The molecule has 2 unspecified atom stereocenters. The summed E-state index contributed by atoms with van der Waals surface area (Å²) in [6, 6.07) is 17.7. The molecule has 2 atom stereocenters. The number of likely N-dealkylation sites (tertiary alicyclic amines) is 1. The lowest BCUT2D eigenvalue weighted by Crippen LogP contribution is -2.36. The molecule has 1 saturated carbocycles. The van der Waals surface area contributed by atoms with Crippen LogP contribution in [0.1, 0.15) is 95.2 Å². The fourth-order valence-corrected chi connectivity index (χ4v) is 6.79. The van der Waals surface area contributed by atoms with E-state index in [2.05, 4.69) is 46.3 Å². The van der Waals surface area contributed by atoms with Crippen LogP contribution in [0.3, 0.4) is 0 Å². The Morgan fingerprint density at radius 1 is 1.03 bits per heavy atom. The van der Waals surface area contributed by atoms with Crippen molar-refractivity contribution in [3.05, 3.63) is 100 Å². The van der Waals surface area contributed by atoms with E-state index in [-0.39, 0.29) is 5.56 Å². The van der Waals surface area contributed by atoms with Gasteiger partial charge in [-0.25, -0.2) is 4.79 Å². The number of benzene rings is 2. The summed E-state index contributed by atoms with van der Waals surface area (Å²) < 4.78 is 6.12. The topological polar surface area (TPSA) is 62.7 Å². The number of ether oxygens (including phenoxy) is 1. The van der Waals surface area contributed by atoms with Gasteiger partial charge in [0.1, 0.15) is 17.1 Å². The van der Waals surface area contributed by atoms with Crippen LogP contribution in [0.4, 0.5) is 0 Å². The quantitative estimate of drug-likeness (QED) is 0.346. The smallest absolute Gasteiger partial charge is 0.339 e. The van der Waals surface area contributed by atoms with Crippen LogP contribution < -0.4 is 4.74 Å². The maximum atomic E-state index is 12.0. The number of carboxylic acid groups (broad SMARTS) is 1. The number of rotatable bonds is 7. The number of aromatic nitrogens is 1. The Morgan fingerprint density at radius 2 is 1.90 bits per heavy atom. The van der Waals surface area contributed by atoms with Gasteiger partial charge in [0.2, 0.25) is 0 Å². The standard InChI is InChI=1S/C34H34N2O3/c37-34(38)30-17-14-24(20-33(30)39-27-19-25-5-3-8-31(25)35-21-27)22-12-15-26(16-13-22)36-18-4-9-32(36)29-7-2-1-6-28(29)23-10-11-23/h1-3,5-7,12,14,17,19-21,23,26,32H,4,8-11,13,15-16,18H2,(H,37,38). The molecule has 5 heteroatoms. The second-order valence-electron chi connectivity index (χ2n) is 11.4. The van der Waals surface area contributed by atoms with E-state index < -0.39 is 5.97 Å². The number of hydrogen-bond acceptors (Lipinski definition) is 4. The summed E-state index contributed by atoms with van der Waals surface area (Å²) in [5.74, 6) is 0.706. The highest BCUT2D eigenvalue weighted by Crippen LogP contribution is 2.47. The molecular formula is C34H34N2O3. The SMILES string of the molecule is O=C(O)c1ccc(C2=CCC(N3CCCC3c3ccccc3C3CC3)CC2)cc1Oc1cnc2c(c1)C=CC2. The van der Waals surface area contributed by atoms with Gasteiger partial charge in [-0.15, -0.1) is 0 Å². The van der Waals surface area contributed by atoms with Crippen LogP contribution in [0.25, 0.3) is 11.6 Å². The van der Waals surface area contributed by atoms with E-state index >= 15 is 0 Å². The molecule has 0 amide bonds. The number of aromatic carboxylic acids is 1. The molecule has 5 nitrogen and oxygen atoms in total. The fraction of sp³-hybridized carbons (Fsp3) is 0.353. The van der Waals surface area contributed by atoms with Gasteiger partial charge in [-0.2, -0.15) is 0 Å². The van der Waals surface area contributed by atoms with Crippen LogP contribution in [0.15, 0.2) is 66.9 Å². The fourth-order valence-electron chi connectivity index (χ4n) is 6.79. The van der Waals surface area contributed by atoms with E-state index in [9.17, 15) is 9.90 Å². The zero-order valence-corrected chi connectivity index (χ0v) is 22.2. The van der Waals surface area contributed by atoms with Gasteiger partial charge in [-0.05, 0) is 103 Å². The van der Waals surface area contributed by atoms with E-state index in [1.165, 1.54) is 37.8 Å². The number of fused-ring (bicyclic) bond motifs is 1. The van der Waals surface area contributed by atoms with Crippen molar-refractivity contribution in [1.82, 2.24) is 9.88 Å². The largest absolute Gasteiger partial charge is 0.478 e. The predicted molar refractivity (Wildman–Crippen MR) is 153 cm³/mol. The average molecular weight is 519 g/mol. The van der Waals surface area contributed by atoms with Crippen molar-refractivity contribution in [2.45, 2.75) is 69.4 Å². The summed E-state index contributed by atoms with van der Waals surface area (Å²) in [5.41, 5.74) is 7.68. The lowest BCUT2D eigenvalue weighted by molar-refractivity contribution is 0.0694. The molecule has 2 aromatic carbocycles. The Morgan fingerprint density at radius 3 is 2.69 bits per heavy atom. The Kier molecular flexibility index (Phi) is 6.32. The number of carbonyl (C=O) groups is 1. The maximum Gasteiger partial charge on any atom is 0.339 e. The molecule has 7 rings (SSSR count). The zero-order valence-electron chi connectivity index (χ0n) is 22.2. The molecule has 0 spiro atoms. The molecule has 2 heterocycles. The average Bonchev–Trinajstić information content (AvgIpc) is 3.50. The van der Waals surface area contributed by atoms with Gasteiger partial charge in [-0.1, -0.05) is 48.6 Å². The van der Waals surface area contributed by atoms with E-state index in [4.69, 9.17) is 4.74 Å². The van der Waals surface area contributed by atoms with Gasteiger partial charge in [0.15, 0.2) is 0 Å². The summed E-state index contributed by atoms with van der Waals surface area (Å²) in [5, 5.41) is 9.81. The molecule has 1 aliphatic heterocycles. The first-order valence-corrected chi connectivity index (χ1v) is 14.4. The van der Waals surface area contributed by atoms with Crippen molar-refractivity contribution in [2.75, 3.05) is 6.54 Å². The number of carboxylic acids is 1. The third-order valence-corrected chi connectivity index (χ3v) is 8.92. The first-order chi connectivity index (χ1) is 19.1. The van der Waals surface area contributed by atoms with Crippen LogP contribution in [-0.4, -0.2) is 33.5 Å². The number of nitrogens with zero attached hydrogens (tertiary/aromatic N) is 2. The molecular weight excluding hydrogens is 484 g/mol. The molecule has 0 radical (unpaired) electrons. The highest BCUT2D eigenvalue weighted by molar-refractivity contribution is 5.92. The van der Waals surface area contributed by atoms with E-state index in [1.807, 2.05) is 24.3 Å². The van der Waals surface area contributed by atoms with Gasteiger partial charge in [0.05, 0.1) is 11.9 Å². The number of hydrogen-bond donors (Lipinski definition) is 1. The van der Waals surface area contributed by atoms with E-state index in [1.54, 1.807) is 23.4 Å². The second kappa shape index (κ2) is 10.1. The molecule has 2 fully saturated rings. The summed E-state index contributed by atoms with van der Waals surface area (Å²) in [6.45, 7) is 1.17. The molecule has 3 aliphatic carbocycles. The highest BCUT2D eigenvalue weighted by atomic mass is 16.5. The zero-order chi connectivity index (χ0) is 26.3. The number of allylic oxidation sites excluding steroid dienone is 2. The first kappa shape index (κ1) is 24.3.